The summed E-state index contributed by atoms with van der Waals surface area (Å²) < 4.78 is 4.43. The molecule has 10 nitrogen and oxygen atoms in total. The number of aromatic nitrogens is 6. The van der Waals surface area contributed by atoms with Crippen LogP contribution in [0.25, 0.3) is 22.6 Å². The minimum absolute atomic E-state index is 0.0245. The SMILES string of the molecule is CC#CCn1c(N2CCC[C@@H](N)C2)nc2c1c(=O)n(Cc1cccc(-c3ccccn3)n1)c(=O)n2C. The lowest BCUT2D eigenvalue weighted by Gasteiger charge is -2.31. The normalized spacial score (nSPS) is 15.6. The summed E-state index contributed by atoms with van der Waals surface area (Å²) in [5, 5.41) is 0. The maximum atomic E-state index is 13.8. The van der Waals surface area contributed by atoms with Gasteiger partial charge in [0.15, 0.2) is 11.2 Å². The molecule has 36 heavy (non-hydrogen) atoms. The molecule has 10 heteroatoms. The Morgan fingerprint density at radius 1 is 1.08 bits per heavy atom. The van der Waals surface area contributed by atoms with Crippen molar-refractivity contribution >= 4 is 17.1 Å². The average molecular weight is 485 g/mol. The lowest BCUT2D eigenvalue weighted by Crippen LogP contribution is -2.44. The fourth-order valence-corrected chi connectivity index (χ4v) is 4.63. The van der Waals surface area contributed by atoms with E-state index in [-0.39, 0.29) is 19.1 Å². The van der Waals surface area contributed by atoms with Crippen molar-refractivity contribution in [2.24, 2.45) is 12.8 Å². The molecule has 0 radical (unpaired) electrons. The lowest BCUT2D eigenvalue weighted by molar-refractivity contribution is 0.496. The molecule has 0 amide bonds. The zero-order valence-electron chi connectivity index (χ0n) is 20.4. The number of nitrogens with two attached hydrogens (primary N) is 1. The molecule has 0 aliphatic carbocycles. The average Bonchev–Trinajstić information content (AvgIpc) is 3.29. The minimum Gasteiger partial charge on any atom is -0.341 e. The van der Waals surface area contributed by atoms with E-state index in [0.717, 1.165) is 25.1 Å². The molecule has 5 heterocycles. The van der Waals surface area contributed by atoms with Gasteiger partial charge in [-0.25, -0.2) is 9.78 Å². The molecule has 1 fully saturated rings. The Kier molecular flexibility index (Phi) is 6.40. The molecule has 0 spiro atoms. The summed E-state index contributed by atoms with van der Waals surface area (Å²) in [6.07, 6.45) is 3.58. The molecule has 5 rings (SSSR count). The van der Waals surface area contributed by atoms with Crippen molar-refractivity contribution in [2.45, 2.75) is 38.9 Å². The van der Waals surface area contributed by atoms with Crippen LogP contribution in [0.3, 0.4) is 0 Å². The predicted octanol–water partition coefficient (Wildman–Crippen LogP) is 1.35. The van der Waals surface area contributed by atoms with Gasteiger partial charge in [-0.2, -0.15) is 4.98 Å². The Labute approximate surface area is 208 Å². The Bertz CT molecular complexity index is 1590. The Balaban J connectivity index is 1.63. The molecule has 4 aromatic heterocycles. The first-order chi connectivity index (χ1) is 17.5. The summed E-state index contributed by atoms with van der Waals surface area (Å²) in [6.45, 7) is 3.48. The number of piperidine rings is 1. The third-order valence-electron chi connectivity index (χ3n) is 6.42. The second-order valence-electron chi connectivity index (χ2n) is 8.91. The summed E-state index contributed by atoms with van der Waals surface area (Å²) in [5.41, 5.74) is 7.99. The van der Waals surface area contributed by atoms with E-state index in [1.54, 1.807) is 30.8 Å². The number of hydrogen-bond donors (Lipinski definition) is 1. The van der Waals surface area contributed by atoms with Crippen LogP contribution >= 0.6 is 0 Å². The quantitative estimate of drug-likeness (QED) is 0.425. The first kappa shape index (κ1) is 23.5. The largest absolute Gasteiger partial charge is 0.341 e. The van der Waals surface area contributed by atoms with Crippen molar-refractivity contribution in [3.05, 3.63) is 69.1 Å². The molecular formula is C26H28N8O2. The summed E-state index contributed by atoms with van der Waals surface area (Å²) in [6, 6.07) is 11.1. The fraction of sp³-hybridized carbons (Fsp3) is 0.346. The predicted molar refractivity (Wildman–Crippen MR) is 139 cm³/mol. The van der Waals surface area contributed by atoms with Crippen LogP contribution < -0.4 is 21.9 Å². The van der Waals surface area contributed by atoms with Crippen molar-refractivity contribution in [1.29, 1.82) is 0 Å². The first-order valence-corrected chi connectivity index (χ1v) is 12.0. The van der Waals surface area contributed by atoms with Crippen LogP contribution in [0.1, 0.15) is 25.5 Å². The number of fused-ring (bicyclic) bond motifs is 1. The van der Waals surface area contributed by atoms with E-state index in [0.29, 0.717) is 35.0 Å². The van der Waals surface area contributed by atoms with Crippen LogP contribution in [0.15, 0.2) is 52.2 Å². The van der Waals surface area contributed by atoms with Crippen molar-refractivity contribution < 1.29 is 0 Å². The maximum absolute atomic E-state index is 13.8. The highest BCUT2D eigenvalue weighted by Crippen LogP contribution is 2.23. The molecule has 0 bridgehead atoms. The van der Waals surface area contributed by atoms with Gasteiger partial charge in [-0.15, -0.1) is 5.92 Å². The number of hydrogen-bond acceptors (Lipinski definition) is 7. The molecule has 0 unspecified atom stereocenters. The van der Waals surface area contributed by atoms with Crippen LogP contribution in [0, 0.1) is 11.8 Å². The van der Waals surface area contributed by atoms with E-state index < -0.39 is 11.2 Å². The topological polar surface area (TPSA) is 117 Å². The number of nitrogens with zero attached hydrogens (tertiary/aromatic N) is 7. The van der Waals surface area contributed by atoms with Gasteiger partial charge in [-0.05, 0) is 44.0 Å². The Morgan fingerprint density at radius 2 is 1.92 bits per heavy atom. The molecule has 1 aliphatic heterocycles. The number of rotatable bonds is 5. The molecule has 1 aliphatic rings. The van der Waals surface area contributed by atoms with Gasteiger partial charge >= 0.3 is 5.69 Å². The molecule has 0 saturated carbocycles. The molecule has 2 N–H and O–H groups in total. The Hall–Kier alpha value is -4.23. The van der Waals surface area contributed by atoms with Gasteiger partial charge < -0.3 is 10.6 Å². The van der Waals surface area contributed by atoms with Crippen LogP contribution in [0.2, 0.25) is 0 Å². The summed E-state index contributed by atoms with van der Waals surface area (Å²) in [7, 11) is 1.63. The molecule has 1 saturated heterocycles. The van der Waals surface area contributed by atoms with E-state index >= 15 is 0 Å². The van der Waals surface area contributed by atoms with Crippen LogP contribution in [-0.2, 0) is 20.1 Å². The van der Waals surface area contributed by atoms with Crippen LogP contribution in [0.5, 0.6) is 0 Å². The molecule has 4 aromatic rings. The second kappa shape index (κ2) is 9.79. The van der Waals surface area contributed by atoms with E-state index in [2.05, 4.69) is 26.7 Å². The van der Waals surface area contributed by atoms with Gasteiger partial charge in [0.25, 0.3) is 5.56 Å². The molecule has 184 valence electrons. The van der Waals surface area contributed by atoms with Gasteiger partial charge in [0.1, 0.15) is 0 Å². The highest BCUT2D eigenvalue weighted by molar-refractivity contribution is 5.75. The Morgan fingerprint density at radius 3 is 2.67 bits per heavy atom. The van der Waals surface area contributed by atoms with Gasteiger partial charge in [-0.3, -0.25) is 23.5 Å². The van der Waals surface area contributed by atoms with E-state index in [1.165, 1.54) is 9.13 Å². The molecular weight excluding hydrogens is 456 g/mol. The van der Waals surface area contributed by atoms with E-state index in [4.69, 9.17) is 10.7 Å². The zero-order chi connectivity index (χ0) is 25.2. The highest BCUT2D eigenvalue weighted by Gasteiger charge is 2.26. The smallest absolute Gasteiger partial charge is 0.332 e. The fourth-order valence-electron chi connectivity index (χ4n) is 4.63. The highest BCUT2D eigenvalue weighted by atomic mass is 16.2. The lowest BCUT2D eigenvalue weighted by atomic mass is 10.1. The third-order valence-corrected chi connectivity index (χ3v) is 6.42. The van der Waals surface area contributed by atoms with E-state index in [9.17, 15) is 9.59 Å². The van der Waals surface area contributed by atoms with Crippen LogP contribution in [0.4, 0.5) is 5.95 Å². The van der Waals surface area contributed by atoms with Crippen molar-refractivity contribution in [1.82, 2.24) is 28.7 Å². The minimum atomic E-state index is -0.453. The molecule has 0 aromatic carbocycles. The standard InChI is InChI=1S/C26H28N8O2/c1-3-4-15-33-22-23(30-25(33)32-14-8-9-18(27)16-32)31(2)26(36)34(24(22)35)17-19-10-7-12-21(29-19)20-11-5-6-13-28-20/h5-7,10-13,18H,8-9,14-17,27H2,1-2H3/t18-/m1/s1. The van der Waals surface area contributed by atoms with Gasteiger partial charge in [-0.1, -0.05) is 18.1 Å². The summed E-state index contributed by atoms with van der Waals surface area (Å²) >= 11 is 0. The van der Waals surface area contributed by atoms with Crippen molar-refractivity contribution in [2.75, 3.05) is 18.0 Å². The number of aryl methyl sites for hydroxylation is 1. The van der Waals surface area contributed by atoms with Gasteiger partial charge in [0.2, 0.25) is 5.95 Å². The third kappa shape index (κ3) is 4.29. The van der Waals surface area contributed by atoms with E-state index in [1.807, 2.05) is 30.3 Å². The molecule has 1 atom stereocenters. The number of anilines is 1. The maximum Gasteiger partial charge on any atom is 0.332 e. The first-order valence-electron chi connectivity index (χ1n) is 12.0. The second-order valence-corrected chi connectivity index (χ2v) is 8.91. The number of imidazole rings is 1. The zero-order valence-corrected chi connectivity index (χ0v) is 20.4. The summed E-state index contributed by atoms with van der Waals surface area (Å²) in [4.78, 5) is 42.9. The van der Waals surface area contributed by atoms with Gasteiger partial charge in [0, 0.05) is 32.4 Å². The number of pyridine rings is 2. The van der Waals surface area contributed by atoms with Crippen molar-refractivity contribution in [3.63, 3.8) is 0 Å². The summed E-state index contributed by atoms with van der Waals surface area (Å²) in [5.74, 6) is 6.56. The monoisotopic (exact) mass is 484 g/mol. The van der Waals surface area contributed by atoms with Gasteiger partial charge in [0.05, 0.1) is 30.2 Å². The van der Waals surface area contributed by atoms with Crippen molar-refractivity contribution in [3.8, 4) is 23.2 Å². The van der Waals surface area contributed by atoms with Crippen LogP contribution in [-0.4, -0.2) is 47.8 Å².